The van der Waals surface area contributed by atoms with Gasteiger partial charge in [-0.3, -0.25) is 0 Å². The van der Waals surface area contributed by atoms with Gasteiger partial charge in [0.25, 0.3) is 0 Å². The fourth-order valence-corrected chi connectivity index (χ4v) is 2.05. The van der Waals surface area contributed by atoms with E-state index in [0.717, 1.165) is 24.5 Å². The molecule has 0 bridgehead atoms. The zero-order valence-electron chi connectivity index (χ0n) is 10.5. The number of thioether (sulfide) groups is 1. The van der Waals surface area contributed by atoms with Gasteiger partial charge in [-0.1, -0.05) is 18.2 Å². The summed E-state index contributed by atoms with van der Waals surface area (Å²) >= 11 is 1.88. The normalized spacial score (nSPS) is 10.7. The topological polar surface area (TPSA) is 42.7 Å². The highest BCUT2D eigenvalue weighted by molar-refractivity contribution is 7.98. The summed E-state index contributed by atoms with van der Waals surface area (Å²) in [7, 11) is 0. The molecular formula is C13H18N4S. The van der Waals surface area contributed by atoms with Gasteiger partial charge < -0.3 is 5.32 Å². The molecule has 0 atom stereocenters. The summed E-state index contributed by atoms with van der Waals surface area (Å²) in [5.74, 6) is 1.20. The molecule has 5 heteroatoms. The first-order valence-electron chi connectivity index (χ1n) is 6.06. The molecule has 1 heterocycles. The van der Waals surface area contributed by atoms with Gasteiger partial charge in [-0.25, -0.2) is 0 Å². The lowest BCUT2D eigenvalue weighted by Crippen LogP contribution is -2.15. The van der Waals surface area contributed by atoms with Crippen molar-refractivity contribution in [3.63, 3.8) is 0 Å². The molecule has 2 rings (SSSR count). The van der Waals surface area contributed by atoms with E-state index in [1.807, 2.05) is 48.3 Å². The molecule has 4 nitrogen and oxygen atoms in total. The monoisotopic (exact) mass is 262 g/mol. The summed E-state index contributed by atoms with van der Waals surface area (Å²) in [6.45, 7) is 1.81. The zero-order chi connectivity index (χ0) is 12.6. The molecule has 96 valence electrons. The second-order valence-electron chi connectivity index (χ2n) is 3.98. The molecular weight excluding hydrogens is 244 g/mol. The molecule has 0 aliphatic heterocycles. The highest BCUT2D eigenvalue weighted by Crippen LogP contribution is 2.04. The van der Waals surface area contributed by atoms with Crippen LogP contribution in [-0.4, -0.2) is 33.5 Å². The van der Waals surface area contributed by atoms with Crippen LogP contribution in [0.3, 0.4) is 0 Å². The van der Waals surface area contributed by atoms with E-state index in [9.17, 15) is 0 Å². The van der Waals surface area contributed by atoms with Gasteiger partial charge in [-0.2, -0.15) is 26.8 Å². The Morgan fingerprint density at radius 2 is 2.11 bits per heavy atom. The van der Waals surface area contributed by atoms with Crippen LogP contribution in [0.5, 0.6) is 0 Å². The highest BCUT2D eigenvalue weighted by Gasteiger charge is 2.01. The van der Waals surface area contributed by atoms with E-state index in [1.165, 1.54) is 12.2 Å². The number of benzene rings is 1. The first-order valence-corrected chi connectivity index (χ1v) is 7.46. The minimum Gasteiger partial charge on any atom is -0.311 e. The summed E-state index contributed by atoms with van der Waals surface area (Å²) in [6.07, 6.45) is 5.13. The van der Waals surface area contributed by atoms with Gasteiger partial charge >= 0.3 is 0 Å². The van der Waals surface area contributed by atoms with E-state index >= 15 is 0 Å². The molecule has 1 aromatic heterocycles. The van der Waals surface area contributed by atoms with Gasteiger partial charge in [-0.15, -0.1) is 0 Å². The van der Waals surface area contributed by atoms with Crippen LogP contribution in [0.4, 0.5) is 0 Å². The van der Waals surface area contributed by atoms with E-state index in [-0.39, 0.29) is 0 Å². The van der Waals surface area contributed by atoms with Crippen LogP contribution in [0.1, 0.15) is 12.1 Å². The van der Waals surface area contributed by atoms with Crippen LogP contribution in [0, 0.1) is 0 Å². The van der Waals surface area contributed by atoms with Gasteiger partial charge in [-0.05, 0) is 37.1 Å². The van der Waals surface area contributed by atoms with E-state index in [2.05, 4.69) is 21.8 Å². The van der Waals surface area contributed by atoms with Gasteiger partial charge in [0, 0.05) is 6.54 Å². The number of aromatic nitrogens is 3. The highest BCUT2D eigenvalue weighted by atomic mass is 32.2. The van der Waals surface area contributed by atoms with Crippen molar-refractivity contribution < 1.29 is 0 Å². The predicted molar refractivity (Wildman–Crippen MR) is 76.1 cm³/mol. The molecule has 0 amide bonds. The van der Waals surface area contributed by atoms with Crippen molar-refractivity contribution in [2.45, 2.75) is 13.0 Å². The lowest BCUT2D eigenvalue weighted by molar-refractivity contribution is 0.654. The predicted octanol–water partition coefficient (Wildman–Crippen LogP) is 2.11. The molecule has 0 aliphatic rings. The molecule has 2 aromatic rings. The number of nitrogens with zero attached hydrogens (tertiary/aromatic N) is 3. The Morgan fingerprint density at radius 3 is 2.89 bits per heavy atom. The summed E-state index contributed by atoms with van der Waals surface area (Å²) in [5.41, 5.74) is 1.97. The summed E-state index contributed by atoms with van der Waals surface area (Å²) < 4.78 is 0. The van der Waals surface area contributed by atoms with Gasteiger partial charge in [0.1, 0.15) is 0 Å². The Kier molecular flexibility index (Phi) is 5.23. The second kappa shape index (κ2) is 7.18. The lowest BCUT2D eigenvalue weighted by atomic mass is 10.3. The quantitative estimate of drug-likeness (QED) is 0.776. The minimum absolute atomic E-state index is 0.779. The SMILES string of the molecule is CSCCCNCc1cnn(-c2ccccc2)n1. The van der Waals surface area contributed by atoms with Gasteiger partial charge in [0.05, 0.1) is 17.6 Å². The van der Waals surface area contributed by atoms with Crippen molar-refractivity contribution >= 4 is 11.8 Å². The fraction of sp³-hybridized carbons (Fsp3) is 0.385. The zero-order valence-corrected chi connectivity index (χ0v) is 11.4. The third-order valence-corrected chi connectivity index (χ3v) is 3.23. The maximum atomic E-state index is 4.44. The summed E-state index contributed by atoms with van der Waals surface area (Å²) in [6, 6.07) is 9.95. The molecule has 0 unspecified atom stereocenters. The molecule has 1 N–H and O–H groups in total. The van der Waals surface area contributed by atoms with Crippen molar-refractivity contribution in [2.24, 2.45) is 0 Å². The average Bonchev–Trinajstić information content (AvgIpc) is 2.88. The maximum absolute atomic E-state index is 4.44. The molecule has 1 aromatic carbocycles. The van der Waals surface area contributed by atoms with Crippen LogP contribution < -0.4 is 5.32 Å². The van der Waals surface area contributed by atoms with Crippen molar-refractivity contribution in [2.75, 3.05) is 18.6 Å². The van der Waals surface area contributed by atoms with Crippen molar-refractivity contribution in [1.29, 1.82) is 0 Å². The van der Waals surface area contributed by atoms with Crippen molar-refractivity contribution in [1.82, 2.24) is 20.3 Å². The average molecular weight is 262 g/mol. The Bertz CT molecular complexity index is 455. The molecule has 0 saturated carbocycles. The number of para-hydroxylation sites is 1. The molecule has 0 radical (unpaired) electrons. The van der Waals surface area contributed by atoms with Crippen LogP contribution >= 0.6 is 11.8 Å². The second-order valence-corrected chi connectivity index (χ2v) is 4.97. The van der Waals surface area contributed by atoms with E-state index in [1.54, 1.807) is 4.80 Å². The first-order chi connectivity index (χ1) is 8.90. The van der Waals surface area contributed by atoms with Crippen molar-refractivity contribution in [3.8, 4) is 5.69 Å². The van der Waals surface area contributed by atoms with Crippen LogP contribution in [0.25, 0.3) is 5.69 Å². The van der Waals surface area contributed by atoms with Crippen LogP contribution in [-0.2, 0) is 6.54 Å². The Balaban J connectivity index is 1.83. The molecule has 0 aliphatic carbocycles. The third kappa shape index (κ3) is 3.85. The Morgan fingerprint density at radius 1 is 1.28 bits per heavy atom. The van der Waals surface area contributed by atoms with E-state index in [0.29, 0.717) is 0 Å². The summed E-state index contributed by atoms with van der Waals surface area (Å²) in [5, 5.41) is 12.1. The van der Waals surface area contributed by atoms with Crippen LogP contribution in [0.15, 0.2) is 36.5 Å². The molecule has 0 saturated heterocycles. The minimum atomic E-state index is 0.779. The Labute approximate surface area is 112 Å². The van der Waals surface area contributed by atoms with Crippen LogP contribution in [0.2, 0.25) is 0 Å². The number of hydrogen-bond donors (Lipinski definition) is 1. The van der Waals surface area contributed by atoms with E-state index in [4.69, 9.17) is 0 Å². The smallest absolute Gasteiger partial charge is 0.0969 e. The number of rotatable bonds is 7. The lowest BCUT2D eigenvalue weighted by Gasteiger charge is -2.01. The van der Waals surface area contributed by atoms with Gasteiger partial charge in [0.15, 0.2) is 0 Å². The molecule has 0 fully saturated rings. The largest absolute Gasteiger partial charge is 0.311 e. The first kappa shape index (κ1) is 13.1. The maximum Gasteiger partial charge on any atom is 0.0969 e. The number of hydrogen-bond acceptors (Lipinski definition) is 4. The molecule has 0 spiro atoms. The van der Waals surface area contributed by atoms with Gasteiger partial charge in [0.2, 0.25) is 0 Å². The standard InChI is InChI=1S/C13H18N4S/c1-18-9-5-8-14-10-12-11-15-17(16-12)13-6-3-2-4-7-13/h2-4,6-7,11,14H,5,8-10H2,1H3. The molecule has 18 heavy (non-hydrogen) atoms. The fourth-order valence-electron chi connectivity index (χ4n) is 1.62. The van der Waals surface area contributed by atoms with Crippen molar-refractivity contribution in [3.05, 3.63) is 42.2 Å². The summed E-state index contributed by atoms with van der Waals surface area (Å²) in [4.78, 5) is 1.67. The van der Waals surface area contributed by atoms with E-state index < -0.39 is 0 Å². The Hall–Kier alpha value is -1.33. The third-order valence-electron chi connectivity index (χ3n) is 2.53. The number of nitrogens with one attached hydrogen (secondary N) is 1.